The summed E-state index contributed by atoms with van der Waals surface area (Å²) in [5, 5.41) is 9.82. The molecule has 0 saturated carbocycles. The summed E-state index contributed by atoms with van der Waals surface area (Å²) in [5.74, 6) is 0. The number of hydrogen-bond acceptors (Lipinski definition) is 5. The zero-order chi connectivity index (χ0) is 9.80. The van der Waals surface area contributed by atoms with E-state index in [1.807, 2.05) is 0 Å². The second-order valence-corrected chi connectivity index (χ2v) is 2.71. The number of aliphatic hydroxyl groups excluding tert-OH is 1. The molecule has 2 heterocycles. The Labute approximate surface area is 80.5 Å². The summed E-state index contributed by atoms with van der Waals surface area (Å²) >= 11 is 0. The largest absolute Gasteiger partial charge is 0.382 e. The number of aromatic nitrogens is 4. The molecule has 0 fully saturated rings. The number of hydrogen-bond donors (Lipinski definition) is 1. The van der Waals surface area contributed by atoms with Gasteiger partial charge >= 0.3 is 0 Å². The van der Waals surface area contributed by atoms with Crippen molar-refractivity contribution in [2.75, 3.05) is 0 Å². The van der Waals surface area contributed by atoms with Crippen LogP contribution < -0.4 is 0 Å². The number of rotatable bonds is 2. The maximum atomic E-state index is 9.82. The fraction of sp³-hybridized carbons (Fsp3) is 0.111. The highest BCUT2D eigenvalue weighted by atomic mass is 16.3. The molecule has 5 heteroatoms. The van der Waals surface area contributed by atoms with Gasteiger partial charge in [0.2, 0.25) is 0 Å². The second-order valence-electron chi connectivity index (χ2n) is 2.71. The first-order valence-electron chi connectivity index (χ1n) is 4.07. The molecule has 14 heavy (non-hydrogen) atoms. The van der Waals surface area contributed by atoms with E-state index in [-0.39, 0.29) is 0 Å². The van der Waals surface area contributed by atoms with Gasteiger partial charge in [-0.25, -0.2) is 19.9 Å². The molecule has 1 N–H and O–H groups in total. The van der Waals surface area contributed by atoms with Crippen molar-refractivity contribution in [1.82, 2.24) is 19.9 Å². The standard InChI is InChI=1S/C9H8N4O/c14-9(7-3-11-5-12-4-7)8-1-2-10-6-13-8/h1-6,9,14H. The monoisotopic (exact) mass is 188 g/mol. The lowest BCUT2D eigenvalue weighted by Crippen LogP contribution is -2.03. The minimum absolute atomic E-state index is 0.537. The SMILES string of the molecule is OC(c1cncnc1)c1ccncn1. The first-order valence-corrected chi connectivity index (χ1v) is 4.07. The Morgan fingerprint density at radius 3 is 2.50 bits per heavy atom. The number of aliphatic hydroxyl groups is 1. The summed E-state index contributed by atoms with van der Waals surface area (Å²) in [6, 6.07) is 1.65. The minimum Gasteiger partial charge on any atom is -0.382 e. The van der Waals surface area contributed by atoms with Crippen LogP contribution in [0.5, 0.6) is 0 Å². The van der Waals surface area contributed by atoms with Crippen LogP contribution >= 0.6 is 0 Å². The van der Waals surface area contributed by atoms with E-state index in [1.165, 1.54) is 12.7 Å². The minimum atomic E-state index is -0.792. The third kappa shape index (κ3) is 1.72. The van der Waals surface area contributed by atoms with Crippen LogP contribution in [0.2, 0.25) is 0 Å². The van der Waals surface area contributed by atoms with E-state index in [0.29, 0.717) is 11.3 Å². The lowest BCUT2D eigenvalue weighted by molar-refractivity contribution is 0.214. The van der Waals surface area contributed by atoms with E-state index >= 15 is 0 Å². The summed E-state index contributed by atoms with van der Waals surface area (Å²) in [5.41, 5.74) is 1.15. The molecule has 0 aromatic carbocycles. The Hall–Kier alpha value is -1.88. The molecule has 1 unspecified atom stereocenters. The Morgan fingerprint density at radius 2 is 1.86 bits per heavy atom. The van der Waals surface area contributed by atoms with E-state index in [2.05, 4.69) is 19.9 Å². The van der Waals surface area contributed by atoms with E-state index in [9.17, 15) is 5.11 Å². The van der Waals surface area contributed by atoms with E-state index in [0.717, 1.165) is 0 Å². The third-order valence-corrected chi connectivity index (χ3v) is 1.78. The van der Waals surface area contributed by atoms with Crippen molar-refractivity contribution in [2.24, 2.45) is 0 Å². The highest BCUT2D eigenvalue weighted by molar-refractivity contribution is 5.18. The van der Waals surface area contributed by atoms with Gasteiger partial charge in [0.1, 0.15) is 18.8 Å². The molecule has 0 radical (unpaired) electrons. The molecule has 0 bridgehead atoms. The van der Waals surface area contributed by atoms with E-state index in [1.54, 1.807) is 24.7 Å². The highest BCUT2D eigenvalue weighted by Crippen LogP contribution is 2.16. The van der Waals surface area contributed by atoms with Crippen LogP contribution in [0, 0.1) is 0 Å². The van der Waals surface area contributed by atoms with Gasteiger partial charge < -0.3 is 5.11 Å². The highest BCUT2D eigenvalue weighted by Gasteiger charge is 2.11. The zero-order valence-electron chi connectivity index (χ0n) is 7.28. The van der Waals surface area contributed by atoms with E-state index < -0.39 is 6.10 Å². The number of nitrogens with zero attached hydrogens (tertiary/aromatic N) is 4. The van der Waals surface area contributed by atoms with Gasteiger partial charge in [0, 0.05) is 24.2 Å². The molecule has 0 aliphatic heterocycles. The molecule has 0 aliphatic carbocycles. The van der Waals surface area contributed by atoms with Crippen LogP contribution in [-0.2, 0) is 0 Å². The Kier molecular flexibility index (Phi) is 2.42. The Morgan fingerprint density at radius 1 is 1.07 bits per heavy atom. The Balaban J connectivity index is 2.30. The summed E-state index contributed by atoms with van der Waals surface area (Å²) in [6.07, 6.45) is 6.70. The predicted octanol–water partition coefficient (Wildman–Crippen LogP) is 0.348. The van der Waals surface area contributed by atoms with Crippen molar-refractivity contribution in [3.05, 3.63) is 48.6 Å². The molecule has 0 spiro atoms. The van der Waals surface area contributed by atoms with Crippen LogP contribution in [0.4, 0.5) is 0 Å². The molecule has 0 saturated heterocycles. The molecule has 0 amide bonds. The van der Waals surface area contributed by atoms with Gasteiger partial charge in [0.05, 0.1) is 5.69 Å². The average Bonchev–Trinajstić information content (AvgIpc) is 2.30. The summed E-state index contributed by atoms with van der Waals surface area (Å²) in [4.78, 5) is 15.3. The zero-order valence-corrected chi connectivity index (χ0v) is 7.28. The average molecular weight is 188 g/mol. The third-order valence-electron chi connectivity index (χ3n) is 1.78. The molecule has 70 valence electrons. The van der Waals surface area contributed by atoms with Crippen molar-refractivity contribution >= 4 is 0 Å². The molecule has 2 aromatic rings. The fourth-order valence-electron chi connectivity index (χ4n) is 1.09. The smallest absolute Gasteiger partial charge is 0.124 e. The van der Waals surface area contributed by atoms with Crippen LogP contribution in [0.1, 0.15) is 17.4 Å². The van der Waals surface area contributed by atoms with Gasteiger partial charge in [-0.1, -0.05) is 0 Å². The van der Waals surface area contributed by atoms with Crippen LogP contribution in [0.25, 0.3) is 0 Å². The second kappa shape index (κ2) is 3.89. The van der Waals surface area contributed by atoms with E-state index in [4.69, 9.17) is 0 Å². The van der Waals surface area contributed by atoms with Crippen molar-refractivity contribution in [3.63, 3.8) is 0 Å². The normalized spacial score (nSPS) is 12.4. The van der Waals surface area contributed by atoms with Crippen molar-refractivity contribution < 1.29 is 5.11 Å². The quantitative estimate of drug-likeness (QED) is 0.736. The lowest BCUT2D eigenvalue weighted by Gasteiger charge is -2.07. The molecule has 2 aromatic heterocycles. The van der Waals surface area contributed by atoms with Gasteiger partial charge in [-0.3, -0.25) is 0 Å². The van der Waals surface area contributed by atoms with Crippen molar-refractivity contribution in [3.8, 4) is 0 Å². The van der Waals surface area contributed by atoms with Crippen LogP contribution in [0.3, 0.4) is 0 Å². The summed E-state index contributed by atoms with van der Waals surface area (Å²) < 4.78 is 0. The molecule has 0 aliphatic rings. The maximum Gasteiger partial charge on any atom is 0.124 e. The summed E-state index contributed by atoms with van der Waals surface area (Å²) in [7, 11) is 0. The van der Waals surface area contributed by atoms with Crippen LogP contribution in [0.15, 0.2) is 37.3 Å². The summed E-state index contributed by atoms with van der Waals surface area (Å²) in [6.45, 7) is 0. The van der Waals surface area contributed by atoms with Crippen LogP contribution in [-0.4, -0.2) is 25.0 Å². The van der Waals surface area contributed by atoms with Gasteiger partial charge in [0.15, 0.2) is 0 Å². The molecular formula is C9H8N4O. The first-order chi connectivity index (χ1) is 6.88. The topological polar surface area (TPSA) is 71.8 Å². The molecular weight excluding hydrogens is 180 g/mol. The van der Waals surface area contributed by atoms with Crippen molar-refractivity contribution in [1.29, 1.82) is 0 Å². The predicted molar refractivity (Wildman–Crippen MR) is 48.1 cm³/mol. The Bertz CT molecular complexity index is 353. The van der Waals surface area contributed by atoms with Gasteiger partial charge in [-0.15, -0.1) is 0 Å². The molecule has 5 nitrogen and oxygen atoms in total. The molecule has 2 rings (SSSR count). The van der Waals surface area contributed by atoms with Crippen molar-refractivity contribution in [2.45, 2.75) is 6.10 Å². The molecule has 1 atom stereocenters. The fourth-order valence-corrected chi connectivity index (χ4v) is 1.09. The van der Waals surface area contributed by atoms with Gasteiger partial charge in [-0.05, 0) is 6.07 Å². The van der Waals surface area contributed by atoms with Gasteiger partial charge in [-0.2, -0.15) is 0 Å². The maximum absolute atomic E-state index is 9.82. The van der Waals surface area contributed by atoms with Gasteiger partial charge in [0.25, 0.3) is 0 Å². The first kappa shape index (κ1) is 8.71. The lowest BCUT2D eigenvalue weighted by atomic mass is 10.1.